The summed E-state index contributed by atoms with van der Waals surface area (Å²) in [6, 6.07) is 7.40. The van der Waals surface area contributed by atoms with Crippen LogP contribution in [0.3, 0.4) is 0 Å². The van der Waals surface area contributed by atoms with Crippen LogP contribution in [0.4, 0.5) is 0 Å². The second-order valence-electron chi connectivity index (χ2n) is 13.8. The molecule has 0 radical (unpaired) electrons. The predicted octanol–water partition coefficient (Wildman–Crippen LogP) is 1.89. The average Bonchev–Trinajstić information content (AvgIpc) is 3.49. The molecule has 13 nitrogen and oxygen atoms in total. The fraction of sp³-hybridized carbons (Fsp3) is 0.667. The Bertz CT molecular complexity index is 1410. The Balaban J connectivity index is 1.72. The number of primary amides is 1. The van der Waals surface area contributed by atoms with Gasteiger partial charge in [-0.1, -0.05) is 58.0 Å². The molecule has 47 heavy (non-hydrogen) atoms. The fourth-order valence-corrected chi connectivity index (χ4v) is 7.38. The Morgan fingerprint density at radius 1 is 1.02 bits per heavy atom. The third-order valence-electron chi connectivity index (χ3n) is 8.95. The van der Waals surface area contributed by atoms with E-state index in [1.54, 1.807) is 39.5 Å². The van der Waals surface area contributed by atoms with Gasteiger partial charge in [0.05, 0.1) is 12.2 Å². The highest BCUT2D eigenvalue weighted by molar-refractivity contribution is 7.88. The van der Waals surface area contributed by atoms with Crippen molar-refractivity contribution in [3.05, 3.63) is 35.9 Å². The molecule has 1 aromatic carbocycles. The van der Waals surface area contributed by atoms with Crippen LogP contribution in [0.2, 0.25) is 0 Å². The van der Waals surface area contributed by atoms with Gasteiger partial charge in [0.15, 0.2) is 5.96 Å². The van der Waals surface area contributed by atoms with Crippen molar-refractivity contribution in [1.82, 2.24) is 14.1 Å². The van der Waals surface area contributed by atoms with Crippen LogP contribution >= 0.6 is 0 Å². The van der Waals surface area contributed by atoms with Gasteiger partial charge in [-0.2, -0.15) is 9.30 Å². The molecule has 0 saturated carbocycles. The van der Waals surface area contributed by atoms with E-state index in [-0.39, 0.29) is 43.2 Å². The van der Waals surface area contributed by atoms with E-state index < -0.39 is 51.3 Å². The minimum atomic E-state index is -3.85. The molecular weight excluding hydrogens is 624 g/mol. The molecule has 2 fully saturated rings. The van der Waals surface area contributed by atoms with Crippen molar-refractivity contribution in [3.8, 4) is 0 Å². The van der Waals surface area contributed by atoms with E-state index in [9.17, 15) is 27.6 Å². The van der Waals surface area contributed by atoms with E-state index in [4.69, 9.17) is 16.2 Å². The molecule has 0 spiro atoms. The van der Waals surface area contributed by atoms with Gasteiger partial charge in [-0.25, -0.2) is 8.42 Å². The molecule has 1 unspecified atom stereocenters. The molecule has 2 heterocycles. The van der Waals surface area contributed by atoms with Gasteiger partial charge in [0, 0.05) is 31.6 Å². The second kappa shape index (κ2) is 16.1. The van der Waals surface area contributed by atoms with E-state index in [1.165, 1.54) is 9.21 Å². The number of nitrogens with zero attached hydrogens (tertiary/aromatic N) is 4. The highest BCUT2D eigenvalue weighted by atomic mass is 32.2. The lowest BCUT2D eigenvalue weighted by atomic mass is 9.86. The fourth-order valence-electron chi connectivity index (χ4n) is 6.27. The second-order valence-corrected chi connectivity index (χ2v) is 15.8. The summed E-state index contributed by atoms with van der Waals surface area (Å²) in [6.07, 6.45) is 3.24. The molecule has 262 valence electrons. The molecular formula is C33H52N6O7S. The standard InChI is InChI=1S/C33H52N6O7S/c1-22(2)30(42)46-23(3)20-33(4,5)31(43)36-32(35)37-17-14-25(15-18-37)21-39(47(6,44)45)27(19-24-11-8-7-9-12-24)29(41)38-16-10-13-26(38)28(34)40/h7-9,11-12,22-23,25-27H,10,13-21H2,1-6H3,(H2,34,40)(H2,35,36,43)/t23?,26-,27+/m0/s1. The number of carbonyl (C=O) groups excluding carboxylic acids is 4. The Morgan fingerprint density at radius 2 is 1.64 bits per heavy atom. The number of ether oxygens (including phenoxy) is 1. The maximum absolute atomic E-state index is 14.0. The minimum absolute atomic E-state index is 0.0805. The zero-order valence-electron chi connectivity index (χ0n) is 28.6. The number of aliphatic imine (C=N–C) groups is 1. The summed E-state index contributed by atoms with van der Waals surface area (Å²) in [5.41, 5.74) is 11.8. The van der Waals surface area contributed by atoms with Crippen LogP contribution in [0, 0.1) is 17.3 Å². The van der Waals surface area contributed by atoms with Crippen molar-refractivity contribution in [1.29, 1.82) is 0 Å². The zero-order chi connectivity index (χ0) is 35.1. The van der Waals surface area contributed by atoms with E-state index in [0.29, 0.717) is 45.3 Å². The summed E-state index contributed by atoms with van der Waals surface area (Å²) in [5, 5.41) is 0. The first-order valence-electron chi connectivity index (χ1n) is 16.3. The molecule has 2 aliphatic rings. The van der Waals surface area contributed by atoms with Crippen LogP contribution in [0.1, 0.15) is 72.3 Å². The SMILES string of the molecule is CC(CC(C)(C)C(=O)N=C(N)N1CCC(CN([C@H](Cc2ccccc2)C(=O)N2CCC[C@H]2C(N)=O)S(C)(=O)=O)CC1)OC(=O)C(C)C. The Labute approximate surface area is 279 Å². The van der Waals surface area contributed by atoms with Gasteiger partial charge in [0.1, 0.15) is 18.2 Å². The van der Waals surface area contributed by atoms with Crippen molar-refractivity contribution in [2.24, 2.45) is 33.7 Å². The maximum Gasteiger partial charge on any atom is 0.308 e. The van der Waals surface area contributed by atoms with Gasteiger partial charge >= 0.3 is 5.97 Å². The normalized spacial score (nSPS) is 19.6. The summed E-state index contributed by atoms with van der Waals surface area (Å²) in [7, 11) is -3.85. The molecule has 3 rings (SSSR count). The molecule has 2 aliphatic heterocycles. The number of piperidine rings is 1. The van der Waals surface area contributed by atoms with Crippen LogP contribution < -0.4 is 11.5 Å². The summed E-state index contributed by atoms with van der Waals surface area (Å²) < 4.78 is 33.3. The number of rotatable bonds is 13. The molecule has 1 aromatic rings. The van der Waals surface area contributed by atoms with Crippen LogP contribution in [0.15, 0.2) is 35.3 Å². The lowest BCUT2D eigenvalue weighted by Crippen LogP contribution is -2.56. The van der Waals surface area contributed by atoms with Gasteiger partial charge < -0.3 is 26.0 Å². The number of nitrogens with two attached hydrogens (primary N) is 2. The van der Waals surface area contributed by atoms with Gasteiger partial charge in [-0.05, 0) is 56.9 Å². The number of amides is 3. The highest BCUT2D eigenvalue weighted by Crippen LogP contribution is 2.28. The molecule has 14 heteroatoms. The lowest BCUT2D eigenvalue weighted by Gasteiger charge is -2.38. The van der Waals surface area contributed by atoms with E-state index in [0.717, 1.165) is 11.8 Å². The minimum Gasteiger partial charge on any atom is -0.462 e. The number of benzene rings is 1. The van der Waals surface area contributed by atoms with Crippen molar-refractivity contribution in [2.75, 3.05) is 32.4 Å². The van der Waals surface area contributed by atoms with Gasteiger partial charge in [0.2, 0.25) is 21.8 Å². The molecule has 4 N–H and O–H groups in total. The number of hydrogen-bond donors (Lipinski definition) is 2. The molecule has 3 amide bonds. The van der Waals surface area contributed by atoms with Crippen molar-refractivity contribution in [2.45, 2.75) is 91.3 Å². The first kappa shape index (κ1) is 37.9. The Hall–Kier alpha value is -3.52. The number of carbonyl (C=O) groups is 4. The Morgan fingerprint density at radius 3 is 2.19 bits per heavy atom. The quantitative estimate of drug-likeness (QED) is 0.179. The number of esters is 1. The number of guanidine groups is 1. The number of hydrogen-bond acceptors (Lipinski definition) is 7. The third kappa shape index (κ3) is 10.5. The summed E-state index contributed by atoms with van der Waals surface area (Å²) >= 11 is 0. The van der Waals surface area contributed by atoms with Crippen LogP contribution in [-0.2, 0) is 40.4 Å². The first-order valence-corrected chi connectivity index (χ1v) is 18.2. The average molecular weight is 677 g/mol. The van der Waals surface area contributed by atoms with Crippen LogP contribution in [-0.4, -0.2) is 103 Å². The van der Waals surface area contributed by atoms with Gasteiger partial charge in [0.25, 0.3) is 5.91 Å². The summed E-state index contributed by atoms with van der Waals surface area (Å²) in [5.74, 6) is -2.06. The van der Waals surface area contributed by atoms with Crippen LogP contribution in [0.25, 0.3) is 0 Å². The van der Waals surface area contributed by atoms with Crippen molar-refractivity contribution in [3.63, 3.8) is 0 Å². The lowest BCUT2D eigenvalue weighted by molar-refractivity contribution is -0.154. The zero-order valence-corrected chi connectivity index (χ0v) is 29.4. The maximum atomic E-state index is 14.0. The first-order chi connectivity index (χ1) is 21.9. The van der Waals surface area contributed by atoms with E-state index >= 15 is 0 Å². The molecule has 0 aromatic heterocycles. The van der Waals surface area contributed by atoms with Crippen LogP contribution in [0.5, 0.6) is 0 Å². The smallest absolute Gasteiger partial charge is 0.308 e. The topological polar surface area (TPSA) is 186 Å². The Kier molecular flexibility index (Phi) is 13.0. The highest BCUT2D eigenvalue weighted by Gasteiger charge is 2.42. The van der Waals surface area contributed by atoms with Crippen molar-refractivity contribution < 1.29 is 32.3 Å². The summed E-state index contributed by atoms with van der Waals surface area (Å²) in [4.78, 5) is 58.6. The monoisotopic (exact) mass is 676 g/mol. The summed E-state index contributed by atoms with van der Waals surface area (Å²) in [6.45, 7) is 10.0. The molecule has 2 saturated heterocycles. The van der Waals surface area contributed by atoms with E-state index in [1.807, 2.05) is 30.3 Å². The van der Waals surface area contributed by atoms with E-state index in [2.05, 4.69) is 4.99 Å². The van der Waals surface area contributed by atoms with Crippen molar-refractivity contribution >= 4 is 39.7 Å². The molecule has 0 bridgehead atoms. The third-order valence-corrected chi connectivity index (χ3v) is 10.2. The molecule has 3 atom stereocenters. The molecule has 0 aliphatic carbocycles. The van der Waals surface area contributed by atoms with Gasteiger partial charge in [-0.15, -0.1) is 0 Å². The van der Waals surface area contributed by atoms with Gasteiger partial charge in [-0.3, -0.25) is 19.2 Å². The number of likely N-dealkylation sites (tertiary alicyclic amines) is 2. The number of sulfonamides is 1. The largest absolute Gasteiger partial charge is 0.462 e. The predicted molar refractivity (Wildman–Crippen MR) is 179 cm³/mol.